The van der Waals surface area contributed by atoms with Gasteiger partial charge in [-0.25, -0.2) is 0 Å². The zero-order valence-electron chi connectivity index (χ0n) is 18.6. The van der Waals surface area contributed by atoms with Crippen molar-refractivity contribution in [1.29, 1.82) is 0 Å². The van der Waals surface area contributed by atoms with Crippen LogP contribution >= 0.6 is 0 Å². The van der Waals surface area contributed by atoms with Gasteiger partial charge in [0.2, 0.25) is 0 Å². The number of fused-ring (bicyclic) bond motifs is 1. The lowest BCUT2D eigenvalue weighted by molar-refractivity contribution is -0.141. The molecule has 0 fully saturated rings. The first-order valence-electron chi connectivity index (χ1n) is 10.7. The monoisotopic (exact) mass is 449 g/mol. The zero-order valence-corrected chi connectivity index (χ0v) is 18.6. The van der Waals surface area contributed by atoms with Crippen LogP contribution in [0.15, 0.2) is 48.5 Å². The highest BCUT2D eigenvalue weighted by Crippen LogP contribution is 2.31. The summed E-state index contributed by atoms with van der Waals surface area (Å²) >= 11 is 0. The van der Waals surface area contributed by atoms with Crippen LogP contribution in [-0.4, -0.2) is 55.2 Å². The zero-order chi connectivity index (χ0) is 23.8. The van der Waals surface area contributed by atoms with Crippen LogP contribution in [0.3, 0.4) is 0 Å². The minimum absolute atomic E-state index is 0.0283. The molecule has 1 aliphatic rings. The molecule has 0 aromatic heterocycles. The number of anilines is 1. The lowest BCUT2D eigenvalue weighted by Crippen LogP contribution is -2.54. The maximum absolute atomic E-state index is 12.9. The van der Waals surface area contributed by atoms with E-state index in [-0.39, 0.29) is 19.3 Å². The molecule has 0 bridgehead atoms. The van der Waals surface area contributed by atoms with Crippen LogP contribution in [0.1, 0.15) is 24.5 Å². The third kappa shape index (κ3) is 6.34. The van der Waals surface area contributed by atoms with Crippen molar-refractivity contribution in [1.82, 2.24) is 10.6 Å². The van der Waals surface area contributed by atoms with Crippen molar-refractivity contribution in [3.8, 4) is 17.6 Å². The molecule has 0 saturated carbocycles. The Morgan fingerprint density at radius 1 is 1.21 bits per heavy atom. The van der Waals surface area contributed by atoms with Crippen molar-refractivity contribution < 1.29 is 24.2 Å². The van der Waals surface area contributed by atoms with E-state index in [1.54, 1.807) is 25.2 Å². The van der Waals surface area contributed by atoms with Crippen molar-refractivity contribution in [2.45, 2.75) is 31.8 Å². The number of ether oxygens (including phenoxy) is 1. The number of benzene rings is 2. The van der Waals surface area contributed by atoms with E-state index in [1.807, 2.05) is 37.3 Å². The second-order valence-corrected chi connectivity index (χ2v) is 7.76. The van der Waals surface area contributed by atoms with Gasteiger partial charge in [0, 0.05) is 25.1 Å². The summed E-state index contributed by atoms with van der Waals surface area (Å²) in [5, 5.41) is 14.0. The standard InChI is InChI=1S/C25H27N3O5/c1-17(14-18-8-4-3-5-9-18)26-23(30)24(31)27-20-16-33-22-12-11-19(10-6-7-13-29)15-21(22)28(2)25(20)32/h3-5,8-9,11-12,15,17,20,29H,7,13-14,16H2,1-2H3,(H,26,30)(H,27,31)/t17-,20-/m0/s1. The number of hydrogen-bond donors (Lipinski definition) is 3. The van der Waals surface area contributed by atoms with Crippen molar-refractivity contribution in [3.63, 3.8) is 0 Å². The van der Waals surface area contributed by atoms with E-state index in [9.17, 15) is 14.4 Å². The second kappa shape index (κ2) is 11.2. The molecule has 0 unspecified atom stereocenters. The fourth-order valence-corrected chi connectivity index (χ4v) is 3.43. The SMILES string of the molecule is C[C@@H](Cc1ccccc1)NC(=O)C(=O)N[C@H]1COc2ccc(C#CCCO)cc2N(C)C1=O. The molecule has 3 N–H and O–H groups in total. The molecule has 33 heavy (non-hydrogen) atoms. The molecule has 0 saturated heterocycles. The Bertz CT molecular complexity index is 1070. The molecule has 2 atom stereocenters. The van der Waals surface area contributed by atoms with Crippen LogP contribution in [-0.2, 0) is 20.8 Å². The molecular formula is C25H27N3O5. The van der Waals surface area contributed by atoms with Gasteiger partial charge in [-0.3, -0.25) is 14.4 Å². The average molecular weight is 450 g/mol. The Labute approximate surface area is 192 Å². The molecule has 2 aromatic carbocycles. The number of carbonyl (C=O) groups excluding carboxylic acids is 3. The van der Waals surface area contributed by atoms with Gasteiger partial charge in [-0.15, -0.1) is 0 Å². The normalized spacial score (nSPS) is 15.8. The first kappa shape index (κ1) is 23.8. The lowest BCUT2D eigenvalue weighted by Gasteiger charge is -2.21. The summed E-state index contributed by atoms with van der Waals surface area (Å²) in [6.45, 7) is 1.67. The Morgan fingerprint density at radius 2 is 1.97 bits per heavy atom. The van der Waals surface area contributed by atoms with Gasteiger partial charge in [-0.05, 0) is 37.1 Å². The molecule has 1 heterocycles. The maximum Gasteiger partial charge on any atom is 0.310 e. The Balaban J connectivity index is 1.62. The molecule has 2 aromatic rings. The summed E-state index contributed by atoms with van der Waals surface area (Å²) in [7, 11) is 1.57. The summed E-state index contributed by atoms with van der Waals surface area (Å²) in [4.78, 5) is 39.1. The Hall–Kier alpha value is -3.83. The van der Waals surface area contributed by atoms with Gasteiger partial charge in [0.05, 0.1) is 12.3 Å². The molecule has 8 nitrogen and oxygen atoms in total. The first-order chi connectivity index (χ1) is 15.9. The summed E-state index contributed by atoms with van der Waals surface area (Å²) < 4.78 is 5.73. The lowest BCUT2D eigenvalue weighted by atomic mass is 10.1. The van der Waals surface area contributed by atoms with Crippen LogP contribution in [0, 0.1) is 11.8 Å². The van der Waals surface area contributed by atoms with Gasteiger partial charge >= 0.3 is 11.8 Å². The predicted octanol–water partition coefficient (Wildman–Crippen LogP) is 1.01. The summed E-state index contributed by atoms with van der Waals surface area (Å²) in [5.74, 6) is 4.11. The fourth-order valence-electron chi connectivity index (χ4n) is 3.43. The number of likely N-dealkylation sites (N-methyl/N-ethyl adjacent to an activating group) is 1. The first-order valence-corrected chi connectivity index (χ1v) is 10.7. The highest BCUT2D eigenvalue weighted by Gasteiger charge is 2.32. The molecule has 172 valence electrons. The third-order valence-electron chi connectivity index (χ3n) is 5.10. The molecule has 3 rings (SSSR count). The second-order valence-electron chi connectivity index (χ2n) is 7.76. The van der Waals surface area contributed by atoms with Crippen LogP contribution in [0.5, 0.6) is 5.75 Å². The minimum Gasteiger partial charge on any atom is -0.489 e. The number of carbonyl (C=O) groups is 3. The van der Waals surface area contributed by atoms with Crippen molar-refractivity contribution in [3.05, 3.63) is 59.7 Å². The van der Waals surface area contributed by atoms with E-state index in [1.165, 1.54) is 4.90 Å². The van der Waals surface area contributed by atoms with Gasteiger partial charge in [0.1, 0.15) is 18.4 Å². The number of amides is 3. The number of nitrogens with one attached hydrogen (secondary N) is 2. The largest absolute Gasteiger partial charge is 0.489 e. The maximum atomic E-state index is 12.9. The van der Waals surface area contributed by atoms with E-state index in [4.69, 9.17) is 9.84 Å². The molecule has 0 aliphatic carbocycles. The van der Waals surface area contributed by atoms with Gasteiger partial charge in [0.25, 0.3) is 5.91 Å². The molecule has 3 amide bonds. The van der Waals surface area contributed by atoms with Crippen molar-refractivity contribution >= 4 is 23.4 Å². The minimum atomic E-state index is -1.02. The topological polar surface area (TPSA) is 108 Å². The van der Waals surface area contributed by atoms with Crippen LogP contribution in [0.2, 0.25) is 0 Å². The number of aliphatic hydroxyl groups is 1. The smallest absolute Gasteiger partial charge is 0.310 e. The van der Waals surface area contributed by atoms with Crippen molar-refractivity contribution in [2.75, 3.05) is 25.2 Å². The molecule has 0 radical (unpaired) electrons. The van der Waals surface area contributed by atoms with Crippen molar-refractivity contribution in [2.24, 2.45) is 0 Å². The highest BCUT2D eigenvalue weighted by atomic mass is 16.5. The van der Waals surface area contributed by atoms with Crippen LogP contribution < -0.4 is 20.3 Å². The Kier molecular flexibility index (Phi) is 8.06. The van der Waals surface area contributed by atoms with Crippen LogP contribution in [0.25, 0.3) is 0 Å². The summed E-state index contributed by atoms with van der Waals surface area (Å²) in [6, 6.07) is 13.5. The molecular weight excluding hydrogens is 422 g/mol. The summed E-state index contributed by atoms with van der Waals surface area (Å²) in [6.07, 6.45) is 0.926. The predicted molar refractivity (Wildman–Crippen MR) is 124 cm³/mol. The van der Waals surface area contributed by atoms with E-state index >= 15 is 0 Å². The number of nitrogens with zero attached hydrogens (tertiary/aromatic N) is 1. The number of aliphatic hydroxyl groups excluding tert-OH is 1. The van der Waals surface area contributed by atoms with E-state index < -0.39 is 23.8 Å². The highest BCUT2D eigenvalue weighted by molar-refractivity contribution is 6.35. The van der Waals surface area contributed by atoms with Gasteiger partial charge < -0.3 is 25.4 Å². The number of hydrogen-bond acceptors (Lipinski definition) is 5. The molecule has 0 spiro atoms. The van der Waals surface area contributed by atoms with E-state index in [2.05, 4.69) is 22.5 Å². The molecule has 1 aliphatic heterocycles. The summed E-state index contributed by atoms with van der Waals surface area (Å²) in [5.41, 5.74) is 2.21. The quantitative estimate of drug-likeness (QED) is 0.467. The number of rotatable bonds is 5. The fraction of sp³-hybridized carbons (Fsp3) is 0.320. The van der Waals surface area contributed by atoms with E-state index in [0.717, 1.165) is 5.56 Å². The third-order valence-corrected chi connectivity index (χ3v) is 5.10. The molecule has 8 heteroatoms. The Morgan fingerprint density at radius 3 is 2.70 bits per heavy atom. The van der Waals surface area contributed by atoms with Gasteiger partial charge in [0.15, 0.2) is 0 Å². The van der Waals surface area contributed by atoms with Gasteiger partial charge in [-0.2, -0.15) is 0 Å². The van der Waals surface area contributed by atoms with Gasteiger partial charge in [-0.1, -0.05) is 42.2 Å². The van der Waals surface area contributed by atoms with Crippen LogP contribution in [0.4, 0.5) is 5.69 Å². The van der Waals surface area contributed by atoms with E-state index in [0.29, 0.717) is 29.8 Å². The average Bonchev–Trinajstić information content (AvgIpc) is 2.92.